The summed E-state index contributed by atoms with van der Waals surface area (Å²) in [5.74, 6) is 1.82. The number of methoxy groups -OCH3 is 1. The molecule has 5 aliphatic carbocycles. The molecule has 4 fully saturated rings. The predicted octanol–water partition coefficient (Wildman–Crippen LogP) is 8.06. The first-order chi connectivity index (χ1) is 19.4. The fraction of sp³-hybridized carbons (Fsp3) is 0.865. The highest BCUT2D eigenvalue weighted by Gasteiger charge is 2.69. The average molecular weight is 582 g/mol. The van der Waals surface area contributed by atoms with Gasteiger partial charge in [0.2, 0.25) is 5.91 Å². The first kappa shape index (κ1) is 31.8. The predicted molar refractivity (Wildman–Crippen MR) is 167 cm³/mol. The van der Waals surface area contributed by atoms with Crippen molar-refractivity contribution in [3.63, 3.8) is 0 Å². The minimum Gasteiger partial charge on any atom is -0.467 e. The van der Waals surface area contributed by atoms with E-state index < -0.39 is 11.5 Å². The third kappa shape index (κ3) is 4.47. The molecule has 1 amide bonds. The van der Waals surface area contributed by atoms with Crippen molar-refractivity contribution in [3.8, 4) is 0 Å². The number of Topliss-reactive ketones (excluding diaryl/α,β-unsaturated/α-hetero) is 1. The smallest absolute Gasteiger partial charge is 0.328 e. The zero-order valence-electron chi connectivity index (χ0n) is 28.4. The number of nitrogens with one attached hydrogen (secondary N) is 1. The van der Waals surface area contributed by atoms with Crippen molar-refractivity contribution in [2.24, 2.45) is 56.2 Å². The molecular weight excluding hydrogens is 522 g/mol. The van der Waals surface area contributed by atoms with Gasteiger partial charge in [0, 0.05) is 11.8 Å². The molecule has 0 radical (unpaired) electrons. The van der Waals surface area contributed by atoms with Gasteiger partial charge < -0.3 is 10.1 Å². The minimum absolute atomic E-state index is 0.0397. The first-order valence-electron chi connectivity index (χ1n) is 17.0. The van der Waals surface area contributed by atoms with E-state index in [1.807, 2.05) is 0 Å². The molecule has 5 heteroatoms. The Morgan fingerprint density at radius 2 is 1.55 bits per heavy atom. The van der Waals surface area contributed by atoms with Gasteiger partial charge in [0.15, 0.2) is 0 Å². The van der Waals surface area contributed by atoms with Crippen LogP contribution in [-0.4, -0.2) is 30.8 Å². The highest BCUT2D eigenvalue weighted by Crippen LogP contribution is 2.76. The number of carbonyl (C=O) groups excluding carboxylic acids is 3. The van der Waals surface area contributed by atoms with E-state index in [-0.39, 0.29) is 44.9 Å². The number of fused-ring (bicyclic) bond motifs is 7. The van der Waals surface area contributed by atoms with Gasteiger partial charge >= 0.3 is 5.97 Å². The van der Waals surface area contributed by atoms with E-state index in [0.717, 1.165) is 51.4 Å². The summed E-state index contributed by atoms with van der Waals surface area (Å²) in [4.78, 5) is 40.3. The molecule has 0 saturated heterocycles. The Bertz CT molecular complexity index is 1170. The van der Waals surface area contributed by atoms with Crippen LogP contribution in [0, 0.1) is 56.2 Å². The summed E-state index contributed by atoms with van der Waals surface area (Å²) in [5.41, 5.74) is 1.05. The first-order valence-corrected chi connectivity index (χ1v) is 17.0. The fourth-order valence-electron chi connectivity index (χ4n) is 11.7. The highest BCUT2D eigenvalue weighted by molar-refractivity contribution is 5.91. The van der Waals surface area contributed by atoms with Crippen LogP contribution < -0.4 is 5.32 Å². The molecule has 0 aromatic heterocycles. The van der Waals surface area contributed by atoms with E-state index in [1.165, 1.54) is 19.1 Å². The molecule has 0 aliphatic heterocycles. The Morgan fingerprint density at radius 1 is 0.881 bits per heavy atom. The van der Waals surface area contributed by atoms with E-state index >= 15 is 0 Å². The molecule has 0 spiro atoms. The number of allylic oxidation sites excluding steroid dienone is 1. The van der Waals surface area contributed by atoms with E-state index in [4.69, 9.17) is 4.74 Å². The van der Waals surface area contributed by atoms with Crippen molar-refractivity contribution in [2.45, 2.75) is 139 Å². The SMILES string of the molecule is COC(=O)[C@H](CC(C)C)NC(=O)[C@]12CCC(C)(C)C=C1[C@H]1CC[C@@H]3[C@@]4(C)CCC(=O)C(C)(C)[C@@H]4CC[C@@]3(C)[C@]1(C)CC2. The maximum atomic E-state index is 14.5. The van der Waals surface area contributed by atoms with Crippen LogP contribution in [0.1, 0.15) is 133 Å². The number of ketones is 1. The molecule has 1 N–H and O–H groups in total. The summed E-state index contributed by atoms with van der Waals surface area (Å²) < 4.78 is 5.13. The van der Waals surface area contributed by atoms with Gasteiger partial charge in [-0.15, -0.1) is 0 Å². The Balaban J connectivity index is 1.52. The van der Waals surface area contributed by atoms with Gasteiger partial charge in [0.25, 0.3) is 0 Å². The van der Waals surface area contributed by atoms with Crippen molar-refractivity contribution >= 4 is 17.7 Å². The molecule has 4 saturated carbocycles. The van der Waals surface area contributed by atoms with Gasteiger partial charge in [-0.25, -0.2) is 4.79 Å². The second-order valence-electron chi connectivity index (χ2n) is 17.6. The summed E-state index contributed by atoms with van der Waals surface area (Å²) in [5, 5.41) is 3.23. The molecule has 5 rings (SSSR count). The van der Waals surface area contributed by atoms with Crippen LogP contribution in [0.5, 0.6) is 0 Å². The topological polar surface area (TPSA) is 72.5 Å². The van der Waals surface area contributed by atoms with Gasteiger partial charge in [-0.2, -0.15) is 0 Å². The Kier molecular flexibility index (Phi) is 7.71. The van der Waals surface area contributed by atoms with Crippen LogP contribution in [0.2, 0.25) is 0 Å². The number of hydrogen-bond acceptors (Lipinski definition) is 4. The van der Waals surface area contributed by atoms with Crippen molar-refractivity contribution in [1.82, 2.24) is 5.32 Å². The van der Waals surface area contributed by atoms with Crippen molar-refractivity contribution < 1.29 is 19.1 Å². The van der Waals surface area contributed by atoms with E-state index in [0.29, 0.717) is 36.4 Å². The molecule has 42 heavy (non-hydrogen) atoms. The van der Waals surface area contributed by atoms with E-state index in [1.54, 1.807) is 0 Å². The Morgan fingerprint density at radius 3 is 2.19 bits per heavy atom. The van der Waals surface area contributed by atoms with Crippen molar-refractivity contribution in [2.75, 3.05) is 7.11 Å². The molecule has 8 atom stereocenters. The summed E-state index contributed by atoms with van der Waals surface area (Å²) >= 11 is 0. The normalized spacial score (nSPS) is 42.7. The molecule has 0 aromatic rings. The molecule has 0 bridgehead atoms. The zero-order valence-corrected chi connectivity index (χ0v) is 28.4. The lowest BCUT2D eigenvalue weighted by Gasteiger charge is -2.72. The Labute approximate surface area is 255 Å². The zero-order chi connectivity index (χ0) is 31.1. The van der Waals surface area contributed by atoms with Gasteiger partial charge in [-0.3, -0.25) is 9.59 Å². The van der Waals surface area contributed by atoms with Crippen LogP contribution in [0.15, 0.2) is 11.6 Å². The molecule has 5 aliphatic rings. The Hall–Kier alpha value is -1.65. The van der Waals surface area contributed by atoms with E-state index in [2.05, 4.69) is 73.7 Å². The van der Waals surface area contributed by atoms with Crippen LogP contribution in [0.3, 0.4) is 0 Å². The molecule has 236 valence electrons. The van der Waals surface area contributed by atoms with Crippen LogP contribution in [0.4, 0.5) is 0 Å². The summed E-state index contributed by atoms with van der Waals surface area (Å²) in [6.07, 6.45) is 13.1. The maximum Gasteiger partial charge on any atom is 0.328 e. The fourth-order valence-corrected chi connectivity index (χ4v) is 11.7. The van der Waals surface area contributed by atoms with E-state index in [9.17, 15) is 14.4 Å². The standard InChI is InChI=1S/C37H59NO4/c1-23(2)21-26(30(40)42-10)38-31(41)37-19-17-32(3,4)22-25(37)24-11-12-28-34(7)15-14-29(39)33(5,6)27(34)13-16-36(28,9)35(24,8)18-20-37/h22-24,26-28H,11-21H2,1-10H3,(H,38,41)/t24-,26+,27+,28-,34+,35-,36-,37+/m1/s1. The second-order valence-corrected chi connectivity index (χ2v) is 17.6. The molecule has 0 heterocycles. The highest BCUT2D eigenvalue weighted by atomic mass is 16.5. The number of amides is 1. The monoisotopic (exact) mass is 581 g/mol. The molecular formula is C37H59NO4. The maximum absolute atomic E-state index is 14.5. The van der Waals surface area contributed by atoms with Crippen LogP contribution >= 0.6 is 0 Å². The number of ether oxygens (including phenoxy) is 1. The van der Waals surface area contributed by atoms with Crippen molar-refractivity contribution in [1.29, 1.82) is 0 Å². The third-order valence-electron chi connectivity index (χ3n) is 14.3. The van der Waals surface area contributed by atoms with Crippen molar-refractivity contribution in [3.05, 3.63) is 11.6 Å². The molecule has 0 unspecified atom stereocenters. The number of rotatable bonds is 5. The number of carbonyl (C=O) groups is 3. The number of esters is 1. The quantitative estimate of drug-likeness (QED) is 0.263. The summed E-state index contributed by atoms with van der Waals surface area (Å²) in [6, 6.07) is -0.609. The lowest BCUT2D eigenvalue weighted by molar-refractivity contribution is -0.212. The van der Waals surface area contributed by atoms with Gasteiger partial charge in [0.05, 0.1) is 12.5 Å². The molecule has 5 nitrogen and oxygen atoms in total. The summed E-state index contributed by atoms with van der Waals surface area (Å²) in [7, 11) is 1.41. The lowest BCUT2D eigenvalue weighted by atomic mass is 9.32. The third-order valence-corrected chi connectivity index (χ3v) is 14.3. The molecule has 0 aromatic carbocycles. The summed E-state index contributed by atoms with van der Waals surface area (Å²) in [6.45, 7) is 20.9. The lowest BCUT2D eigenvalue weighted by Crippen LogP contribution is -2.66. The number of hydrogen-bond donors (Lipinski definition) is 1. The van der Waals surface area contributed by atoms with Gasteiger partial charge in [-0.05, 0) is 110 Å². The van der Waals surface area contributed by atoms with Crippen LogP contribution in [-0.2, 0) is 19.1 Å². The largest absolute Gasteiger partial charge is 0.467 e. The second kappa shape index (κ2) is 10.2. The minimum atomic E-state index is -0.609. The van der Waals surface area contributed by atoms with Gasteiger partial charge in [0.1, 0.15) is 11.8 Å². The van der Waals surface area contributed by atoms with Crippen LogP contribution in [0.25, 0.3) is 0 Å². The average Bonchev–Trinajstić information content (AvgIpc) is 2.90. The van der Waals surface area contributed by atoms with Gasteiger partial charge in [-0.1, -0.05) is 74.0 Å².